The number of hydrogen-bond donors (Lipinski definition) is 1. The fourth-order valence-corrected chi connectivity index (χ4v) is 9.48. The second kappa shape index (κ2) is 13.0. The Morgan fingerprint density at radius 3 is 2.39 bits per heavy atom. The molecular weight excluding hydrogens is 538 g/mol. The molecule has 3 heterocycles. The van der Waals surface area contributed by atoms with Gasteiger partial charge >= 0.3 is 5.97 Å². The van der Waals surface area contributed by atoms with Crippen molar-refractivity contribution in [3.63, 3.8) is 0 Å². The van der Waals surface area contributed by atoms with Crippen LogP contribution in [0.15, 0.2) is 49.6 Å². The average Bonchev–Trinajstić information content (AvgIpc) is 3.54. The second-order valence-corrected chi connectivity index (χ2v) is 13.3. The van der Waals surface area contributed by atoms with Gasteiger partial charge in [-0.25, -0.2) is 0 Å². The molecule has 1 aromatic rings. The zero-order chi connectivity index (χ0) is 29.8. The Balaban J connectivity index is 1.72. The number of thioether (sulfide) groups is 1. The van der Waals surface area contributed by atoms with Gasteiger partial charge in [0.2, 0.25) is 5.91 Å². The number of aliphatic hydroxyl groups is 1. The molecule has 3 aliphatic heterocycles. The van der Waals surface area contributed by atoms with Gasteiger partial charge in [0.25, 0.3) is 5.91 Å². The van der Waals surface area contributed by atoms with Crippen molar-refractivity contribution >= 4 is 40.9 Å². The fourth-order valence-electron chi connectivity index (χ4n) is 7.14. The summed E-state index contributed by atoms with van der Waals surface area (Å²) in [4.78, 5) is 48.0. The summed E-state index contributed by atoms with van der Waals surface area (Å²) in [6, 6.07) is 7.27. The first-order valence-electron chi connectivity index (χ1n) is 14.9. The lowest BCUT2D eigenvalue weighted by Crippen LogP contribution is -2.55. The molecule has 8 nitrogen and oxygen atoms in total. The SMILES string of the molecule is C=CCOC(=O)[C@H]1[C@H]2C(=O)N(CCCCCO)C(C(=O)N(CC=C)c3ccc(N(CC)CC)cc3)C23CC[C@]1(C)S3. The van der Waals surface area contributed by atoms with E-state index < -0.39 is 27.4 Å². The minimum absolute atomic E-state index is 0.0882. The summed E-state index contributed by atoms with van der Waals surface area (Å²) in [5.41, 5.74) is 1.84. The van der Waals surface area contributed by atoms with E-state index in [4.69, 9.17) is 4.74 Å². The number of hydrogen-bond acceptors (Lipinski definition) is 7. The van der Waals surface area contributed by atoms with Gasteiger partial charge in [0.05, 0.1) is 16.6 Å². The summed E-state index contributed by atoms with van der Waals surface area (Å²) in [5.74, 6) is -1.91. The van der Waals surface area contributed by atoms with Crippen molar-refractivity contribution in [1.29, 1.82) is 0 Å². The minimum Gasteiger partial charge on any atom is -0.461 e. The van der Waals surface area contributed by atoms with E-state index in [9.17, 15) is 19.5 Å². The van der Waals surface area contributed by atoms with E-state index in [1.54, 1.807) is 27.6 Å². The maximum absolute atomic E-state index is 14.7. The number of esters is 1. The Hall–Kier alpha value is -2.78. The predicted molar refractivity (Wildman–Crippen MR) is 165 cm³/mol. The molecule has 0 radical (unpaired) electrons. The third kappa shape index (κ3) is 5.55. The number of likely N-dealkylation sites (tertiary alicyclic amines) is 1. The zero-order valence-electron chi connectivity index (χ0n) is 24.7. The van der Waals surface area contributed by atoms with Crippen molar-refractivity contribution in [2.45, 2.75) is 68.4 Å². The summed E-state index contributed by atoms with van der Waals surface area (Å²) in [6.07, 6.45) is 6.72. The van der Waals surface area contributed by atoms with Crippen molar-refractivity contribution in [3.8, 4) is 0 Å². The summed E-state index contributed by atoms with van der Waals surface area (Å²) < 4.78 is 4.33. The van der Waals surface area contributed by atoms with E-state index in [0.29, 0.717) is 32.4 Å². The second-order valence-electron chi connectivity index (χ2n) is 11.4. The van der Waals surface area contributed by atoms with Crippen LogP contribution < -0.4 is 9.80 Å². The number of ether oxygens (including phenoxy) is 1. The molecule has 0 aliphatic carbocycles. The Morgan fingerprint density at radius 2 is 1.78 bits per heavy atom. The van der Waals surface area contributed by atoms with E-state index in [1.165, 1.54) is 6.08 Å². The lowest BCUT2D eigenvalue weighted by atomic mass is 9.66. The first kappa shape index (κ1) is 31.2. The molecular formula is C32H45N3O5S. The van der Waals surface area contributed by atoms with Crippen molar-refractivity contribution in [1.82, 2.24) is 4.90 Å². The summed E-state index contributed by atoms with van der Waals surface area (Å²) in [6.45, 7) is 16.5. The average molecular weight is 584 g/mol. The summed E-state index contributed by atoms with van der Waals surface area (Å²) >= 11 is 1.64. The summed E-state index contributed by atoms with van der Waals surface area (Å²) in [5, 5.41) is 9.29. The Bertz CT molecular complexity index is 1140. The maximum atomic E-state index is 14.7. The van der Waals surface area contributed by atoms with Crippen LogP contribution in [-0.4, -0.2) is 82.7 Å². The monoisotopic (exact) mass is 583 g/mol. The number of fused-ring (bicyclic) bond motifs is 1. The van der Waals surface area contributed by atoms with Gasteiger partial charge in [-0.3, -0.25) is 14.4 Å². The molecule has 41 heavy (non-hydrogen) atoms. The highest BCUT2D eigenvalue weighted by Crippen LogP contribution is 2.71. The molecule has 2 bridgehead atoms. The van der Waals surface area contributed by atoms with Gasteiger partial charge < -0.3 is 24.5 Å². The number of anilines is 2. The smallest absolute Gasteiger partial charge is 0.311 e. The Morgan fingerprint density at radius 1 is 1.10 bits per heavy atom. The van der Waals surface area contributed by atoms with E-state index in [2.05, 4.69) is 31.9 Å². The first-order valence-corrected chi connectivity index (χ1v) is 15.7. The van der Waals surface area contributed by atoms with Crippen LogP contribution in [0.2, 0.25) is 0 Å². The van der Waals surface area contributed by atoms with Crippen molar-refractivity contribution in [2.75, 3.05) is 49.2 Å². The van der Waals surface area contributed by atoms with E-state index >= 15 is 0 Å². The standard InChI is InChI=1S/C32H45N3O5S/c1-6-19-34(24-15-13-23(14-16-24)33(8-3)9-4)29(38)27-32-18-17-31(5,41-32)26(30(39)40-22-7-2)25(32)28(37)35(27)20-11-10-12-21-36/h6-7,13-16,25-27,36H,1-2,8-12,17-22H2,3-5H3/t25-,26+,27?,31-,32?/m0/s1. The van der Waals surface area contributed by atoms with Gasteiger partial charge in [-0.05, 0) is 77.1 Å². The van der Waals surface area contributed by atoms with Crippen LogP contribution in [0.1, 0.15) is 52.9 Å². The van der Waals surface area contributed by atoms with Crippen molar-refractivity contribution in [3.05, 3.63) is 49.6 Å². The van der Waals surface area contributed by atoms with Crippen LogP contribution in [0.5, 0.6) is 0 Å². The normalized spacial score (nSPS) is 28.0. The van der Waals surface area contributed by atoms with Crippen LogP contribution in [0, 0.1) is 11.8 Å². The number of rotatable bonds is 15. The van der Waals surface area contributed by atoms with Gasteiger partial charge in [0.15, 0.2) is 0 Å². The Kier molecular flexibility index (Phi) is 9.90. The number of amides is 2. The molecule has 3 fully saturated rings. The van der Waals surface area contributed by atoms with Gasteiger partial charge in [-0.1, -0.05) is 18.7 Å². The van der Waals surface area contributed by atoms with Crippen LogP contribution in [0.4, 0.5) is 11.4 Å². The van der Waals surface area contributed by atoms with Gasteiger partial charge in [0, 0.05) is 48.9 Å². The molecule has 1 aromatic carbocycles. The minimum atomic E-state index is -0.710. The number of carbonyl (C=O) groups excluding carboxylic acids is 3. The van der Waals surface area contributed by atoms with Crippen molar-refractivity contribution < 1.29 is 24.2 Å². The topological polar surface area (TPSA) is 90.4 Å². The highest BCUT2D eigenvalue weighted by molar-refractivity contribution is 8.02. The number of nitrogens with zero attached hydrogens (tertiary/aromatic N) is 3. The molecule has 224 valence electrons. The third-order valence-electron chi connectivity index (χ3n) is 9.03. The summed E-state index contributed by atoms with van der Waals surface area (Å²) in [7, 11) is 0. The van der Waals surface area contributed by atoms with Gasteiger partial charge in [0.1, 0.15) is 12.6 Å². The van der Waals surface area contributed by atoms with E-state index in [1.807, 2.05) is 31.2 Å². The molecule has 5 atom stereocenters. The number of unbranched alkanes of at least 4 members (excludes halogenated alkanes) is 2. The highest BCUT2D eigenvalue weighted by Gasteiger charge is 2.77. The highest BCUT2D eigenvalue weighted by atomic mass is 32.2. The fraction of sp³-hybridized carbons (Fsp3) is 0.594. The van der Waals surface area contributed by atoms with Crippen molar-refractivity contribution in [2.24, 2.45) is 11.8 Å². The molecule has 3 aliphatic rings. The molecule has 2 unspecified atom stereocenters. The first-order chi connectivity index (χ1) is 19.7. The van der Waals surface area contributed by atoms with Gasteiger partial charge in [-0.15, -0.1) is 18.3 Å². The largest absolute Gasteiger partial charge is 0.461 e. The number of carbonyl (C=O) groups is 3. The molecule has 9 heteroatoms. The maximum Gasteiger partial charge on any atom is 0.311 e. The quantitative estimate of drug-likeness (QED) is 0.186. The lowest BCUT2D eigenvalue weighted by molar-refractivity contribution is -0.154. The van der Waals surface area contributed by atoms with E-state index in [-0.39, 0.29) is 31.0 Å². The van der Waals surface area contributed by atoms with Crippen LogP contribution in [0.3, 0.4) is 0 Å². The molecule has 3 saturated heterocycles. The number of benzene rings is 1. The molecule has 0 aromatic heterocycles. The van der Waals surface area contributed by atoms with Gasteiger partial charge in [-0.2, -0.15) is 0 Å². The zero-order valence-corrected chi connectivity index (χ0v) is 25.5. The van der Waals surface area contributed by atoms with Crippen LogP contribution >= 0.6 is 11.8 Å². The predicted octanol–water partition coefficient (Wildman–Crippen LogP) is 4.42. The van der Waals surface area contributed by atoms with Crippen LogP contribution in [0.25, 0.3) is 0 Å². The molecule has 4 rings (SSSR count). The lowest BCUT2D eigenvalue weighted by Gasteiger charge is -2.37. The molecule has 1 N–H and O–H groups in total. The third-order valence-corrected chi connectivity index (χ3v) is 11.0. The van der Waals surface area contributed by atoms with E-state index in [0.717, 1.165) is 37.3 Å². The number of aliphatic hydroxyl groups excluding tert-OH is 1. The molecule has 0 saturated carbocycles. The molecule has 2 amide bonds. The molecule has 1 spiro atoms. The Labute approximate surface area is 248 Å². The van der Waals surface area contributed by atoms with Crippen LogP contribution in [-0.2, 0) is 19.1 Å².